The number of likely N-dealkylation sites (tertiary alicyclic amines) is 1. The fourth-order valence-corrected chi connectivity index (χ4v) is 3.25. The number of amides is 1. The van der Waals surface area contributed by atoms with Crippen molar-refractivity contribution in [3.8, 4) is 0 Å². The highest BCUT2D eigenvalue weighted by Gasteiger charge is 2.34. The van der Waals surface area contributed by atoms with Crippen LogP contribution in [0.4, 0.5) is 0 Å². The molecule has 2 aliphatic heterocycles. The number of nitrogens with one attached hydrogen (secondary N) is 1. The van der Waals surface area contributed by atoms with E-state index in [1.165, 1.54) is 6.42 Å². The van der Waals surface area contributed by atoms with Crippen molar-refractivity contribution in [2.45, 2.75) is 18.9 Å². The van der Waals surface area contributed by atoms with Crippen molar-refractivity contribution in [2.75, 3.05) is 19.6 Å². The molecule has 0 aliphatic carbocycles. The average molecular weight is 301 g/mol. The number of fused-ring (bicyclic) bond motifs is 1. The summed E-state index contributed by atoms with van der Waals surface area (Å²) in [4.78, 5) is 14.4. The second-order valence-corrected chi connectivity index (χ2v) is 5.54. The fraction of sp³-hybridized carbons (Fsp3) is 0.500. The zero-order valence-corrected chi connectivity index (χ0v) is 12.2. The van der Waals surface area contributed by atoms with Gasteiger partial charge in [-0.15, -0.1) is 12.4 Å². The first-order valence-electron chi connectivity index (χ1n) is 6.53. The Morgan fingerprint density at radius 3 is 2.89 bits per heavy atom. The summed E-state index contributed by atoms with van der Waals surface area (Å²) in [5.74, 6) is 0.691. The standard InChI is InChI=1S/C14H17ClN2O.ClH/c15-12-4-2-1-3-11(12)14(18)17-8-6-13-10(9-17)5-7-16-13;/h1-4,10,13,16H,5-9H2;1H. The highest BCUT2D eigenvalue weighted by atomic mass is 35.5. The molecule has 5 heteroatoms. The monoisotopic (exact) mass is 300 g/mol. The van der Waals surface area contributed by atoms with E-state index < -0.39 is 0 Å². The van der Waals surface area contributed by atoms with Crippen LogP contribution < -0.4 is 5.32 Å². The molecule has 1 aromatic rings. The molecule has 2 heterocycles. The first-order valence-corrected chi connectivity index (χ1v) is 6.90. The Hall–Kier alpha value is -0.770. The second kappa shape index (κ2) is 6.12. The highest BCUT2D eigenvalue weighted by Crippen LogP contribution is 2.26. The molecule has 0 saturated carbocycles. The van der Waals surface area contributed by atoms with Crippen molar-refractivity contribution in [3.05, 3.63) is 34.9 Å². The molecular weight excluding hydrogens is 283 g/mol. The zero-order chi connectivity index (χ0) is 12.5. The molecule has 104 valence electrons. The number of benzene rings is 1. The number of halogens is 2. The highest BCUT2D eigenvalue weighted by molar-refractivity contribution is 6.33. The van der Waals surface area contributed by atoms with Crippen LogP contribution in [-0.2, 0) is 0 Å². The summed E-state index contributed by atoms with van der Waals surface area (Å²) in [5.41, 5.74) is 0.628. The molecular formula is C14H18Cl2N2O. The molecule has 0 spiro atoms. The molecule has 1 amide bonds. The van der Waals surface area contributed by atoms with Crippen molar-refractivity contribution in [2.24, 2.45) is 5.92 Å². The van der Waals surface area contributed by atoms with Gasteiger partial charge in [0.2, 0.25) is 0 Å². The third-order valence-electron chi connectivity index (χ3n) is 4.05. The molecule has 3 nitrogen and oxygen atoms in total. The topological polar surface area (TPSA) is 32.3 Å². The molecule has 2 atom stereocenters. The van der Waals surface area contributed by atoms with E-state index in [1.54, 1.807) is 6.07 Å². The maximum atomic E-state index is 12.4. The van der Waals surface area contributed by atoms with Gasteiger partial charge in [0.25, 0.3) is 5.91 Å². The van der Waals surface area contributed by atoms with Gasteiger partial charge in [-0.2, -0.15) is 0 Å². The molecule has 0 aromatic heterocycles. The van der Waals surface area contributed by atoms with Gasteiger partial charge in [0.1, 0.15) is 0 Å². The van der Waals surface area contributed by atoms with Crippen LogP contribution >= 0.6 is 24.0 Å². The normalized spacial score (nSPS) is 25.6. The van der Waals surface area contributed by atoms with Crippen molar-refractivity contribution in [1.82, 2.24) is 10.2 Å². The molecule has 1 aromatic carbocycles. The zero-order valence-electron chi connectivity index (χ0n) is 10.6. The van der Waals surface area contributed by atoms with E-state index >= 15 is 0 Å². The fourth-order valence-electron chi connectivity index (χ4n) is 3.04. The van der Waals surface area contributed by atoms with E-state index in [0.717, 1.165) is 26.1 Å². The third-order valence-corrected chi connectivity index (χ3v) is 4.38. The minimum Gasteiger partial charge on any atom is -0.338 e. The van der Waals surface area contributed by atoms with Gasteiger partial charge in [0, 0.05) is 19.1 Å². The first kappa shape index (κ1) is 14.6. The smallest absolute Gasteiger partial charge is 0.255 e. The van der Waals surface area contributed by atoms with E-state index in [-0.39, 0.29) is 18.3 Å². The molecule has 19 heavy (non-hydrogen) atoms. The third kappa shape index (κ3) is 2.88. The quantitative estimate of drug-likeness (QED) is 0.864. The summed E-state index contributed by atoms with van der Waals surface area (Å²) < 4.78 is 0. The van der Waals surface area contributed by atoms with Gasteiger partial charge in [-0.05, 0) is 37.4 Å². The Bertz CT molecular complexity index is 467. The predicted octanol–water partition coefficient (Wildman–Crippen LogP) is 2.59. The second-order valence-electron chi connectivity index (χ2n) is 5.13. The van der Waals surface area contributed by atoms with Crippen molar-refractivity contribution < 1.29 is 4.79 Å². The maximum absolute atomic E-state index is 12.4. The van der Waals surface area contributed by atoms with Gasteiger partial charge in [-0.3, -0.25) is 4.79 Å². The summed E-state index contributed by atoms with van der Waals surface area (Å²) in [5, 5.41) is 4.06. The van der Waals surface area contributed by atoms with Gasteiger partial charge in [0.15, 0.2) is 0 Å². The lowest BCUT2D eigenvalue weighted by atomic mass is 9.93. The lowest BCUT2D eigenvalue weighted by Gasteiger charge is -2.35. The Balaban J connectivity index is 0.00000133. The molecule has 0 bridgehead atoms. The molecule has 0 radical (unpaired) electrons. The minimum atomic E-state index is 0. The number of hydrogen-bond acceptors (Lipinski definition) is 2. The number of carbonyl (C=O) groups excluding carboxylic acids is 1. The molecule has 2 aliphatic rings. The Labute approximate surface area is 124 Å². The average Bonchev–Trinajstić information content (AvgIpc) is 2.85. The van der Waals surface area contributed by atoms with Gasteiger partial charge >= 0.3 is 0 Å². The summed E-state index contributed by atoms with van der Waals surface area (Å²) in [7, 11) is 0. The molecule has 1 N–H and O–H groups in total. The Kier molecular flexibility index (Phi) is 4.71. The van der Waals surface area contributed by atoms with Gasteiger partial charge < -0.3 is 10.2 Å². The van der Waals surface area contributed by atoms with Gasteiger partial charge in [-0.25, -0.2) is 0 Å². The number of rotatable bonds is 1. The van der Waals surface area contributed by atoms with E-state index in [0.29, 0.717) is 22.5 Å². The van der Waals surface area contributed by atoms with Crippen LogP contribution in [-0.4, -0.2) is 36.5 Å². The largest absolute Gasteiger partial charge is 0.338 e. The number of piperidine rings is 1. The van der Waals surface area contributed by atoms with E-state index in [9.17, 15) is 4.79 Å². The van der Waals surface area contributed by atoms with Crippen molar-refractivity contribution >= 4 is 29.9 Å². The van der Waals surface area contributed by atoms with E-state index in [2.05, 4.69) is 5.32 Å². The van der Waals surface area contributed by atoms with Gasteiger partial charge in [0.05, 0.1) is 10.6 Å². The molecule has 2 saturated heterocycles. The van der Waals surface area contributed by atoms with Crippen LogP contribution in [0.3, 0.4) is 0 Å². The molecule has 3 rings (SSSR count). The van der Waals surface area contributed by atoms with Crippen molar-refractivity contribution in [1.29, 1.82) is 0 Å². The summed E-state index contributed by atoms with van der Waals surface area (Å²) in [6.45, 7) is 2.78. The van der Waals surface area contributed by atoms with Crippen LogP contribution in [0.25, 0.3) is 0 Å². The van der Waals surface area contributed by atoms with E-state index in [4.69, 9.17) is 11.6 Å². The lowest BCUT2D eigenvalue weighted by Crippen LogP contribution is -2.46. The van der Waals surface area contributed by atoms with Gasteiger partial charge in [-0.1, -0.05) is 23.7 Å². The summed E-state index contributed by atoms with van der Waals surface area (Å²) >= 11 is 6.09. The van der Waals surface area contributed by atoms with Crippen LogP contribution in [0.5, 0.6) is 0 Å². The van der Waals surface area contributed by atoms with Crippen molar-refractivity contribution in [3.63, 3.8) is 0 Å². The minimum absolute atomic E-state index is 0. The number of carbonyl (C=O) groups is 1. The van der Waals surface area contributed by atoms with Crippen LogP contribution in [0.2, 0.25) is 5.02 Å². The van der Waals surface area contributed by atoms with Crippen LogP contribution in [0, 0.1) is 5.92 Å². The lowest BCUT2D eigenvalue weighted by molar-refractivity contribution is 0.0662. The Morgan fingerprint density at radius 1 is 1.32 bits per heavy atom. The summed E-state index contributed by atoms with van der Waals surface area (Å²) in [6, 6.07) is 7.91. The first-order chi connectivity index (χ1) is 8.75. The van der Waals surface area contributed by atoms with E-state index in [1.807, 2.05) is 23.1 Å². The molecule has 2 fully saturated rings. The molecule has 2 unspecified atom stereocenters. The summed E-state index contributed by atoms with van der Waals surface area (Å²) in [6.07, 6.45) is 2.23. The predicted molar refractivity (Wildman–Crippen MR) is 79.1 cm³/mol. The maximum Gasteiger partial charge on any atom is 0.255 e. The number of hydrogen-bond donors (Lipinski definition) is 1. The SMILES string of the molecule is Cl.O=C(c1ccccc1Cl)N1CCC2NCCC2C1. The van der Waals surface area contributed by atoms with Crippen LogP contribution in [0.15, 0.2) is 24.3 Å². The Morgan fingerprint density at radius 2 is 2.11 bits per heavy atom. The number of nitrogens with zero attached hydrogens (tertiary/aromatic N) is 1. The van der Waals surface area contributed by atoms with Crippen LogP contribution in [0.1, 0.15) is 23.2 Å².